The summed E-state index contributed by atoms with van der Waals surface area (Å²) in [7, 11) is 0. The lowest BCUT2D eigenvalue weighted by Crippen LogP contribution is -2.35. The van der Waals surface area contributed by atoms with Crippen molar-refractivity contribution >= 4 is 10.9 Å². The molecule has 0 radical (unpaired) electrons. The topological polar surface area (TPSA) is 102 Å². The molecule has 2 atom stereocenters. The van der Waals surface area contributed by atoms with Gasteiger partial charge in [-0.15, -0.1) is 5.10 Å². The van der Waals surface area contributed by atoms with Gasteiger partial charge in [0, 0.05) is 24.2 Å². The van der Waals surface area contributed by atoms with Crippen molar-refractivity contribution in [3.8, 4) is 0 Å². The molecule has 9 nitrogen and oxygen atoms in total. The van der Waals surface area contributed by atoms with E-state index in [2.05, 4.69) is 43.6 Å². The zero-order valence-electron chi connectivity index (χ0n) is 21.3. The zero-order valence-corrected chi connectivity index (χ0v) is 21.3. The maximum atomic E-state index is 13.7. The number of benzene rings is 2. The number of fused-ring (bicyclic) bond motifs is 1. The molecule has 3 aromatic heterocycles. The minimum atomic E-state index is -0.537. The Balaban J connectivity index is 1.50. The van der Waals surface area contributed by atoms with Crippen LogP contribution in [-0.4, -0.2) is 42.8 Å². The predicted octanol–water partition coefficient (Wildman–Crippen LogP) is 4.39. The SMILES string of the molecule is Cc1ccc2[nH]c(=O)c(C(c3nnnn3CC3CCCO3)N(Cc3ccccc3)Cc3ccco3)cc2c1. The van der Waals surface area contributed by atoms with Crippen LogP contribution < -0.4 is 5.56 Å². The largest absolute Gasteiger partial charge is 0.468 e. The molecule has 0 spiro atoms. The van der Waals surface area contributed by atoms with Crippen LogP contribution in [0.15, 0.2) is 82.2 Å². The van der Waals surface area contributed by atoms with E-state index >= 15 is 0 Å². The van der Waals surface area contributed by atoms with Gasteiger partial charge in [-0.05, 0) is 71.5 Å². The molecule has 5 aromatic rings. The predicted molar refractivity (Wildman–Crippen MR) is 142 cm³/mol. The van der Waals surface area contributed by atoms with Crippen molar-refractivity contribution in [1.29, 1.82) is 0 Å². The highest BCUT2D eigenvalue weighted by molar-refractivity contribution is 5.79. The monoisotopic (exact) mass is 510 g/mol. The highest BCUT2D eigenvalue weighted by Gasteiger charge is 2.32. The fraction of sp³-hybridized carbons (Fsp3) is 0.310. The van der Waals surface area contributed by atoms with Gasteiger partial charge in [0.1, 0.15) is 11.8 Å². The highest BCUT2D eigenvalue weighted by Crippen LogP contribution is 2.31. The Hall–Kier alpha value is -4.08. The molecule has 0 saturated carbocycles. The highest BCUT2D eigenvalue weighted by atomic mass is 16.5. The van der Waals surface area contributed by atoms with Crippen LogP contribution in [0.1, 0.15) is 47.2 Å². The number of aromatic amines is 1. The molecule has 0 aliphatic carbocycles. The van der Waals surface area contributed by atoms with Gasteiger partial charge in [0.2, 0.25) is 0 Å². The smallest absolute Gasteiger partial charge is 0.253 e. The van der Waals surface area contributed by atoms with Crippen molar-refractivity contribution in [2.45, 2.75) is 51.5 Å². The van der Waals surface area contributed by atoms with Crippen LogP contribution in [0.4, 0.5) is 0 Å². The maximum absolute atomic E-state index is 13.7. The molecule has 2 unspecified atom stereocenters. The van der Waals surface area contributed by atoms with Crippen molar-refractivity contribution in [3.63, 3.8) is 0 Å². The average molecular weight is 511 g/mol. The Kier molecular flexibility index (Phi) is 6.85. The lowest BCUT2D eigenvalue weighted by Gasteiger charge is -2.30. The molecule has 6 rings (SSSR count). The maximum Gasteiger partial charge on any atom is 0.253 e. The summed E-state index contributed by atoms with van der Waals surface area (Å²) >= 11 is 0. The first-order chi connectivity index (χ1) is 18.6. The Morgan fingerprint density at radius 1 is 1.11 bits per heavy atom. The molecule has 194 valence electrons. The van der Waals surface area contributed by atoms with Crippen LogP contribution >= 0.6 is 0 Å². The second-order valence-corrected chi connectivity index (χ2v) is 9.87. The third kappa shape index (κ3) is 5.16. The van der Waals surface area contributed by atoms with E-state index in [1.165, 1.54) is 0 Å². The number of pyridine rings is 1. The van der Waals surface area contributed by atoms with E-state index in [0.717, 1.165) is 47.2 Å². The number of hydrogen-bond donors (Lipinski definition) is 1. The van der Waals surface area contributed by atoms with Crippen molar-refractivity contribution in [2.75, 3.05) is 6.61 Å². The van der Waals surface area contributed by atoms with Gasteiger partial charge in [-0.3, -0.25) is 9.69 Å². The summed E-state index contributed by atoms with van der Waals surface area (Å²) in [4.78, 5) is 18.9. The van der Waals surface area contributed by atoms with Gasteiger partial charge in [-0.25, -0.2) is 4.68 Å². The molecule has 38 heavy (non-hydrogen) atoms. The fourth-order valence-electron chi connectivity index (χ4n) is 5.22. The molecule has 0 amide bonds. The van der Waals surface area contributed by atoms with Crippen molar-refractivity contribution in [2.24, 2.45) is 0 Å². The number of rotatable bonds is 9. The summed E-state index contributed by atoms with van der Waals surface area (Å²) in [5.41, 5.74) is 3.43. The van der Waals surface area contributed by atoms with E-state index < -0.39 is 6.04 Å². The van der Waals surface area contributed by atoms with Crippen LogP contribution in [0.5, 0.6) is 0 Å². The van der Waals surface area contributed by atoms with E-state index in [-0.39, 0.29) is 11.7 Å². The third-order valence-electron chi connectivity index (χ3n) is 7.06. The minimum Gasteiger partial charge on any atom is -0.468 e. The van der Waals surface area contributed by atoms with E-state index in [1.54, 1.807) is 10.9 Å². The van der Waals surface area contributed by atoms with Gasteiger partial charge in [0.15, 0.2) is 5.82 Å². The van der Waals surface area contributed by atoms with Gasteiger partial charge in [-0.1, -0.05) is 42.0 Å². The van der Waals surface area contributed by atoms with E-state index in [9.17, 15) is 4.79 Å². The third-order valence-corrected chi connectivity index (χ3v) is 7.06. The van der Waals surface area contributed by atoms with E-state index in [4.69, 9.17) is 9.15 Å². The van der Waals surface area contributed by atoms with Crippen LogP contribution in [0.2, 0.25) is 0 Å². The number of nitrogens with one attached hydrogen (secondary N) is 1. The molecule has 1 aliphatic heterocycles. The quantitative estimate of drug-likeness (QED) is 0.314. The van der Waals surface area contributed by atoms with Crippen LogP contribution in [0, 0.1) is 6.92 Å². The van der Waals surface area contributed by atoms with Gasteiger partial charge >= 0.3 is 0 Å². The number of furan rings is 1. The molecule has 9 heteroatoms. The second-order valence-electron chi connectivity index (χ2n) is 9.87. The molecule has 1 N–H and O–H groups in total. The Bertz CT molecular complexity index is 1550. The van der Waals surface area contributed by atoms with E-state index in [1.807, 2.05) is 55.5 Å². The van der Waals surface area contributed by atoms with Gasteiger partial charge in [0.05, 0.1) is 25.5 Å². The summed E-state index contributed by atoms with van der Waals surface area (Å²) in [6.45, 7) is 4.34. The number of tetrazole rings is 1. The average Bonchev–Trinajstić information content (AvgIpc) is 3.70. The number of aromatic nitrogens is 5. The zero-order chi connectivity index (χ0) is 25.9. The van der Waals surface area contributed by atoms with Crippen molar-refractivity contribution in [3.05, 3.63) is 112 Å². The van der Waals surface area contributed by atoms with Crippen LogP contribution in [0.3, 0.4) is 0 Å². The Labute approximate surface area is 220 Å². The van der Waals surface area contributed by atoms with Crippen LogP contribution in [-0.2, 0) is 24.4 Å². The van der Waals surface area contributed by atoms with Crippen molar-refractivity contribution in [1.82, 2.24) is 30.1 Å². The normalized spacial score (nSPS) is 16.4. The molecular formula is C29H30N6O3. The van der Waals surface area contributed by atoms with Gasteiger partial charge < -0.3 is 14.1 Å². The second kappa shape index (κ2) is 10.7. The number of H-pyrrole nitrogens is 1. The summed E-state index contributed by atoms with van der Waals surface area (Å²) in [6, 6.07) is 21.5. The molecule has 4 heterocycles. The molecule has 0 bridgehead atoms. The molecule has 1 aliphatic rings. The summed E-state index contributed by atoms with van der Waals surface area (Å²) in [5, 5.41) is 13.8. The summed E-state index contributed by atoms with van der Waals surface area (Å²) in [6.07, 6.45) is 3.69. The van der Waals surface area contributed by atoms with Crippen LogP contribution in [0.25, 0.3) is 10.9 Å². The number of aryl methyl sites for hydroxylation is 1. The lowest BCUT2D eigenvalue weighted by molar-refractivity contribution is 0.0901. The first-order valence-electron chi connectivity index (χ1n) is 13.0. The first kappa shape index (κ1) is 24.3. The number of ether oxygens (including phenoxy) is 1. The summed E-state index contributed by atoms with van der Waals surface area (Å²) < 4.78 is 13.4. The first-order valence-corrected chi connectivity index (χ1v) is 13.0. The van der Waals surface area contributed by atoms with Crippen molar-refractivity contribution < 1.29 is 9.15 Å². The summed E-state index contributed by atoms with van der Waals surface area (Å²) in [5.74, 6) is 1.39. The van der Waals surface area contributed by atoms with E-state index in [0.29, 0.717) is 31.0 Å². The fourth-order valence-corrected chi connectivity index (χ4v) is 5.22. The molecule has 1 saturated heterocycles. The molecule has 2 aromatic carbocycles. The number of nitrogens with zero attached hydrogens (tertiary/aromatic N) is 5. The molecular weight excluding hydrogens is 480 g/mol. The minimum absolute atomic E-state index is 0.0445. The lowest BCUT2D eigenvalue weighted by atomic mass is 10.0. The Morgan fingerprint density at radius 2 is 2.00 bits per heavy atom. The number of hydrogen-bond acceptors (Lipinski definition) is 7. The Morgan fingerprint density at radius 3 is 2.79 bits per heavy atom. The van der Waals surface area contributed by atoms with Gasteiger partial charge in [-0.2, -0.15) is 0 Å². The standard InChI is InChI=1S/C29H30N6O3/c1-20-11-12-26-22(15-20)16-25(29(36)30-26)27(28-31-32-33-35(28)19-24-10-6-14-38-24)34(18-23-9-5-13-37-23)17-21-7-3-2-4-8-21/h2-5,7-9,11-13,15-16,24,27H,6,10,14,17-19H2,1H3,(H,30,36). The molecule has 1 fully saturated rings. The van der Waals surface area contributed by atoms with Gasteiger partial charge in [0.25, 0.3) is 5.56 Å².